The molecule has 2 atom stereocenters. The lowest BCUT2D eigenvalue weighted by molar-refractivity contribution is -0.143. The molecule has 32 heavy (non-hydrogen) atoms. The van der Waals surface area contributed by atoms with Crippen LogP contribution in [0.4, 0.5) is 0 Å². The summed E-state index contributed by atoms with van der Waals surface area (Å²) >= 11 is 0. The fourth-order valence-corrected chi connectivity index (χ4v) is 7.41. The lowest BCUT2D eigenvalue weighted by Gasteiger charge is -2.46. The Bertz CT molecular complexity index is 940. The summed E-state index contributed by atoms with van der Waals surface area (Å²) < 4.78 is 39.3. The predicted octanol–water partition coefficient (Wildman–Crippen LogP) is 3.43. The fraction of sp³-hybridized carbons (Fsp3) is 0.708. The molecule has 2 saturated heterocycles. The standard InChI is InChI=1S/C24H34N2O5S/c27-24(26-12-3-6-18-5-1-2-7-21(18)26)19-10-13-25(14-11-19)32(28,29)20-8-9-22-23(17-20)31-16-4-15-30-22/h8-9,17-19,21H,1-7,10-16H2. The number of rotatable bonds is 3. The fourth-order valence-electron chi connectivity index (χ4n) is 5.93. The molecule has 3 fully saturated rings. The third kappa shape index (κ3) is 4.23. The molecule has 0 aromatic heterocycles. The highest BCUT2D eigenvalue weighted by molar-refractivity contribution is 7.89. The Morgan fingerprint density at radius 1 is 0.844 bits per heavy atom. The van der Waals surface area contributed by atoms with Crippen molar-refractivity contribution in [1.29, 1.82) is 0 Å². The van der Waals surface area contributed by atoms with Crippen molar-refractivity contribution in [3.63, 3.8) is 0 Å². The Labute approximate surface area is 191 Å². The maximum absolute atomic E-state index is 13.4. The molecule has 1 aromatic rings. The number of likely N-dealkylation sites (tertiary alicyclic amines) is 1. The van der Waals surface area contributed by atoms with Crippen molar-refractivity contribution < 1.29 is 22.7 Å². The van der Waals surface area contributed by atoms with Gasteiger partial charge in [0.2, 0.25) is 15.9 Å². The quantitative estimate of drug-likeness (QED) is 0.688. The predicted molar refractivity (Wildman–Crippen MR) is 120 cm³/mol. The number of benzene rings is 1. The first-order valence-electron chi connectivity index (χ1n) is 12.2. The largest absolute Gasteiger partial charge is 0.490 e. The van der Waals surface area contributed by atoms with Crippen molar-refractivity contribution in [3.8, 4) is 11.5 Å². The van der Waals surface area contributed by atoms with Crippen LogP contribution in [0.2, 0.25) is 0 Å². The Balaban J connectivity index is 1.24. The number of fused-ring (bicyclic) bond motifs is 2. The van der Waals surface area contributed by atoms with Gasteiger partial charge in [-0.25, -0.2) is 8.42 Å². The van der Waals surface area contributed by atoms with E-state index in [9.17, 15) is 13.2 Å². The number of carbonyl (C=O) groups excluding carboxylic acids is 1. The zero-order valence-corrected chi connectivity index (χ0v) is 19.5. The van der Waals surface area contributed by atoms with Crippen LogP contribution in [0.3, 0.4) is 0 Å². The van der Waals surface area contributed by atoms with Crippen LogP contribution in [0.15, 0.2) is 23.1 Å². The van der Waals surface area contributed by atoms with E-state index < -0.39 is 10.0 Å². The first-order chi connectivity index (χ1) is 15.5. The van der Waals surface area contributed by atoms with Crippen molar-refractivity contribution in [2.24, 2.45) is 11.8 Å². The molecule has 7 nitrogen and oxygen atoms in total. The average molecular weight is 463 g/mol. The van der Waals surface area contributed by atoms with Crippen LogP contribution in [0.5, 0.6) is 11.5 Å². The molecule has 3 heterocycles. The molecule has 4 aliphatic rings. The van der Waals surface area contributed by atoms with Crippen molar-refractivity contribution >= 4 is 15.9 Å². The minimum Gasteiger partial charge on any atom is -0.490 e. The molecule has 1 aliphatic carbocycles. The number of carbonyl (C=O) groups is 1. The van der Waals surface area contributed by atoms with Crippen LogP contribution < -0.4 is 9.47 Å². The average Bonchev–Trinajstić information content (AvgIpc) is 3.08. The summed E-state index contributed by atoms with van der Waals surface area (Å²) in [5.41, 5.74) is 0. The second kappa shape index (κ2) is 9.21. The molecule has 1 amide bonds. The van der Waals surface area contributed by atoms with Crippen LogP contribution in [-0.4, -0.2) is 62.4 Å². The molecule has 5 rings (SSSR count). The van der Waals surface area contributed by atoms with Gasteiger partial charge in [0.1, 0.15) is 0 Å². The van der Waals surface area contributed by atoms with E-state index in [1.165, 1.54) is 30.0 Å². The highest BCUT2D eigenvalue weighted by Crippen LogP contribution is 2.38. The van der Waals surface area contributed by atoms with Crippen LogP contribution in [0, 0.1) is 11.8 Å². The number of piperidine rings is 2. The number of sulfonamides is 1. The molecule has 176 valence electrons. The molecular weight excluding hydrogens is 428 g/mol. The van der Waals surface area contributed by atoms with Crippen molar-refractivity contribution in [1.82, 2.24) is 9.21 Å². The molecule has 0 bridgehead atoms. The van der Waals surface area contributed by atoms with Gasteiger partial charge >= 0.3 is 0 Å². The Kier molecular flexibility index (Phi) is 6.34. The molecule has 0 N–H and O–H groups in total. The van der Waals surface area contributed by atoms with Gasteiger partial charge < -0.3 is 14.4 Å². The second-order valence-electron chi connectivity index (χ2n) is 9.62. The molecule has 1 saturated carbocycles. The summed E-state index contributed by atoms with van der Waals surface area (Å²) in [5.74, 6) is 1.94. The first kappa shape index (κ1) is 22.0. The van der Waals surface area contributed by atoms with Crippen molar-refractivity contribution in [2.45, 2.75) is 68.7 Å². The summed E-state index contributed by atoms with van der Waals surface area (Å²) in [6.45, 7) is 2.72. The van der Waals surface area contributed by atoms with E-state index in [2.05, 4.69) is 4.90 Å². The van der Waals surface area contributed by atoms with Crippen LogP contribution in [0.25, 0.3) is 0 Å². The zero-order chi connectivity index (χ0) is 22.1. The zero-order valence-electron chi connectivity index (χ0n) is 18.7. The topological polar surface area (TPSA) is 76.2 Å². The van der Waals surface area contributed by atoms with E-state index in [-0.39, 0.29) is 16.7 Å². The molecule has 8 heteroatoms. The highest BCUT2D eigenvalue weighted by Gasteiger charge is 2.40. The third-order valence-corrected chi connectivity index (χ3v) is 9.58. The van der Waals surface area contributed by atoms with Crippen molar-refractivity contribution in [3.05, 3.63) is 18.2 Å². The van der Waals surface area contributed by atoms with Gasteiger partial charge in [0.15, 0.2) is 11.5 Å². The molecule has 3 aliphatic heterocycles. The van der Waals surface area contributed by atoms with Crippen LogP contribution in [0.1, 0.15) is 57.8 Å². The van der Waals surface area contributed by atoms with E-state index in [0.29, 0.717) is 62.6 Å². The van der Waals surface area contributed by atoms with Gasteiger partial charge in [-0.2, -0.15) is 4.31 Å². The Hall–Kier alpha value is -1.80. The van der Waals surface area contributed by atoms with E-state index in [1.54, 1.807) is 18.2 Å². The monoisotopic (exact) mass is 462 g/mol. The number of nitrogens with zero attached hydrogens (tertiary/aromatic N) is 2. The molecule has 0 spiro atoms. The lowest BCUT2D eigenvalue weighted by atomic mass is 9.77. The highest BCUT2D eigenvalue weighted by atomic mass is 32.2. The maximum Gasteiger partial charge on any atom is 0.243 e. The summed E-state index contributed by atoms with van der Waals surface area (Å²) in [6, 6.07) is 5.26. The SMILES string of the molecule is O=C(C1CCN(S(=O)(=O)c2ccc3c(c2)OCCCO3)CC1)N1CCCC2CCCCC21. The summed E-state index contributed by atoms with van der Waals surface area (Å²) in [6.07, 6.45) is 9.21. The molecule has 2 unspecified atom stereocenters. The van der Waals surface area contributed by atoms with E-state index >= 15 is 0 Å². The molecular formula is C24H34N2O5S. The van der Waals surface area contributed by atoms with Gasteiger partial charge in [0.05, 0.1) is 18.1 Å². The van der Waals surface area contributed by atoms with Crippen LogP contribution in [-0.2, 0) is 14.8 Å². The number of amides is 1. The summed E-state index contributed by atoms with van der Waals surface area (Å²) in [5, 5.41) is 0. The number of ether oxygens (including phenoxy) is 2. The summed E-state index contributed by atoms with van der Waals surface area (Å²) in [7, 11) is -3.63. The van der Waals surface area contributed by atoms with Gasteiger partial charge in [-0.3, -0.25) is 4.79 Å². The summed E-state index contributed by atoms with van der Waals surface area (Å²) in [4.78, 5) is 15.7. The first-order valence-corrected chi connectivity index (χ1v) is 13.7. The normalized spacial score (nSPS) is 27.4. The Morgan fingerprint density at radius 3 is 2.38 bits per heavy atom. The van der Waals surface area contributed by atoms with E-state index in [4.69, 9.17) is 9.47 Å². The minimum atomic E-state index is -3.63. The molecule has 1 aromatic carbocycles. The number of hydrogen-bond acceptors (Lipinski definition) is 5. The van der Waals surface area contributed by atoms with Gasteiger partial charge in [-0.15, -0.1) is 0 Å². The van der Waals surface area contributed by atoms with Gasteiger partial charge in [0.25, 0.3) is 0 Å². The lowest BCUT2D eigenvalue weighted by Crippen LogP contribution is -2.53. The van der Waals surface area contributed by atoms with Gasteiger partial charge in [0, 0.05) is 44.1 Å². The maximum atomic E-state index is 13.4. The van der Waals surface area contributed by atoms with E-state index in [0.717, 1.165) is 25.8 Å². The van der Waals surface area contributed by atoms with Gasteiger partial charge in [-0.1, -0.05) is 12.8 Å². The number of hydrogen-bond donors (Lipinski definition) is 0. The second-order valence-corrected chi connectivity index (χ2v) is 11.6. The van der Waals surface area contributed by atoms with Crippen molar-refractivity contribution in [2.75, 3.05) is 32.8 Å². The minimum absolute atomic E-state index is 0.0640. The smallest absolute Gasteiger partial charge is 0.243 e. The van der Waals surface area contributed by atoms with E-state index in [1.807, 2.05) is 0 Å². The molecule has 0 radical (unpaired) electrons. The van der Waals surface area contributed by atoms with Gasteiger partial charge in [-0.05, 0) is 56.6 Å². The Morgan fingerprint density at radius 2 is 1.56 bits per heavy atom. The van der Waals surface area contributed by atoms with Crippen LogP contribution >= 0.6 is 0 Å². The third-order valence-electron chi connectivity index (χ3n) is 7.69.